The van der Waals surface area contributed by atoms with Crippen molar-refractivity contribution in [3.63, 3.8) is 0 Å². The molecule has 1 aromatic carbocycles. The number of allylic oxidation sites excluding steroid dienone is 1. The maximum absolute atomic E-state index is 8.82. The highest BCUT2D eigenvalue weighted by Gasteiger charge is 2.08. The van der Waals surface area contributed by atoms with E-state index in [4.69, 9.17) is 11.8 Å². The number of rotatable bonds is 1. The van der Waals surface area contributed by atoms with E-state index in [2.05, 4.69) is 25.4 Å². The van der Waals surface area contributed by atoms with Gasteiger partial charge in [0.25, 0.3) is 5.70 Å². The Morgan fingerprint density at radius 2 is 2.15 bits per heavy atom. The summed E-state index contributed by atoms with van der Waals surface area (Å²) >= 11 is 1.10. The fraction of sp³-hybridized carbons (Fsp3) is 0.200. The van der Waals surface area contributed by atoms with E-state index in [1.165, 1.54) is 6.08 Å². The summed E-state index contributed by atoms with van der Waals surface area (Å²) in [5.74, 6) is 6.47. The quantitative estimate of drug-likeness (QED) is 0.456. The molecule has 1 heterocycles. The van der Waals surface area contributed by atoms with E-state index >= 15 is 0 Å². The molecule has 0 radical (unpaired) electrons. The van der Waals surface area contributed by atoms with Crippen LogP contribution in [0.2, 0.25) is 0 Å². The molecule has 0 fully saturated rings. The summed E-state index contributed by atoms with van der Waals surface area (Å²) < 4.78 is 8.49. The number of fused-ring (bicyclic) bond motifs is 1. The van der Waals surface area contributed by atoms with Crippen LogP contribution in [0.4, 0.5) is 0 Å². The average molecular weight is 278 g/mol. The third-order valence-electron chi connectivity index (χ3n) is 2.47. The Hall–Kier alpha value is -2.68. The predicted octanol–water partition coefficient (Wildman–Crippen LogP) is 3.48. The molecule has 0 saturated heterocycles. The van der Waals surface area contributed by atoms with Gasteiger partial charge in [-0.15, -0.1) is 0 Å². The standard InChI is InChI=1S/C15H10N4S/c1-10(2)4-5-11-6-7-12(8-13(9-16)17-3)15-14(11)18-20-19-15/h6-8,10H,1-2H3/b13-8-. The molecular formula is C15H10N4S. The van der Waals surface area contributed by atoms with Gasteiger partial charge < -0.3 is 0 Å². The van der Waals surface area contributed by atoms with Crippen LogP contribution in [0, 0.1) is 35.7 Å². The summed E-state index contributed by atoms with van der Waals surface area (Å²) in [5, 5.41) is 8.82. The van der Waals surface area contributed by atoms with Crippen molar-refractivity contribution in [1.29, 1.82) is 5.26 Å². The average Bonchev–Trinajstić information content (AvgIpc) is 2.93. The van der Waals surface area contributed by atoms with Gasteiger partial charge in [0.1, 0.15) is 11.0 Å². The summed E-state index contributed by atoms with van der Waals surface area (Å²) in [5.41, 5.74) is 2.97. The molecule has 0 atom stereocenters. The monoisotopic (exact) mass is 278 g/mol. The van der Waals surface area contributed by atoms with Crippen LogP contribution in [0.5, 0.6) is 0 Å². The molecule has 0 aliphatic heterocycles. The molecule has 2 aromatic rings. The summed E-state index contributed by atoms with van der Waals surface area (Å²) in [4.78, 5) is 3.15. The molecule has 96 valence electrons. The number of aromatic nitrogens is 2. The first-order chi connectivity index (χ1) is 9.65. The van der Waals surface area contributed by atoms with E-state index in [0.717, 1.165) is 28.4 Å². The molecule has 0 amide bonds. The molecule has 1 aromatic heterocycles. The van der Waals surface area contributed by atoms with Crippen LogP contribution >= 0.6 is 11.7 Å². The summed E-state index contributed by atoms with van der Waals surface area (Å²) in [7, 11) is 0. The zero-order valence-electron chi connectivity index (χ0n) is 11.0. The molecule has 0 bridgehead atoms. The minimum absolute atomic E-state index is 0.0281. The van der Waals surface area contributed by atoms with Gasteiger partial charge in [-0.05, 0) is 17.7 Å². The summed E-state index contributed by atoms with van der Waals surface area (Å²) in [6.45, 7) is 11.0. The zero-order valence-corrected chi connectivity index (χ0v) is 11.8. The van der Waals surface area contributed by atoms with Crippen LogP contribution in [0.15, 0.2) is 17.8 Å². The predicted molar refractivity (Wildman–Crippen MR) is 79.3 cm³/mol. The Morgan fingerprint density at radius 1 is 1.40 bits per heavy atom. The van der Waals surface area contributed by atoms with Crippen LogP contribution in [-0.4, -0.2) is 8.75 Å². The van der Waals surface area contributed by atoms with E-state index in [-0.39, 0.29) is 11.6 Å². The first kappa shape index (κ1) is 13.7. The Morgan fingerprint density at radius 3 is 2.80 bits per heavy atom. The second-order valence-corrected chi connectivity index (χ2v) is 4.87. The molecule has 2 rings (SSSR count). The fourth-order valence-electron chi connectivity index (χ4n) is 1.56. The van der Waals surface area contributed by atoms with Crippen molar-refractivity contribution in [3.05, 3.63) is 40.4 Å². The number of hydrogen-bond donors (Lipinski definition) is 0. The minimum atomic E-state index is 0.0281. The second-order valence-electron chi connectivity index (χ2n) is 4.34. The number of hydrogen-bond acceptors (Lipinski definition) is 4. The van der Waals surface area contributed by atoms with Crippen molar-refractivity contribution >= 4 is 28.8 Å². The van der Waals surface area contributed by atoms with E-state index in [9.17, 15) is 0 Å². The third-order valence-corrected chi connectivity index (χ3v) is 3.00. The van der Waals surface area contributed by atoms with Crippen molar-refractivity contribution in [2.45, 2.75) is 13.8 Å². The number of benzene rings is 1. The summed E-state index contributed by atoms with van der Waals surface area (Å²) in [6.07, 6.45) is 1.52. The molecule has 0 saturated carbocycles. The maximum atomic E-state index is 8.82. The molecule has 20 heavy (non-hydrogen) atoms. The van der Waals surface area contributed by atoms with E-state index in [0.29, 0.717) is 5.52 Å². The molecule has 0 aliphatic rings. The lowest BCUT2D eigenvalue weighted by molar-refractivity contribution is 0.866. The largest absolute Gasteiger partial charge is 0.262 e. The fourth-order valence-corrected chi connectivity index (χ4v) is 2.14. The van der Waals surface area contributed by atoms with Gasteiger partial charge in [-0.1, -0.05) is 31.8 Å². The van der Waals surface area contributed by atoms with Gasteiger partial charge in [0, 0.05) is 5.92 Å². The minimum Gasteiger partial charge on any atom is -0.227 e. The zero-order chi connectivity index (χ0) is 14.5. The van der Waals surface area contributed by atoms with E-state index in [1.54, 1.807) is 0 Å². The van der Waals surface area contributed by atoms with Crippen LogP contribution in [-0.2, 0) is 0 Å². The number of nitriles is 1. The lowest BCUT2D eigenvalue weighted by Gasteiger charge is -1.98. The normalized spacial score (nSPS) is 10.8. The Bertz CT molecular complexity index is 803. The molecular weight excluding hydrogens is 268 g/mol. The maximum Gasteiger partial charge on any atom is 0.262 e. The Balaban J connectivity index is 2.60. The molecule has 5 heteroatoms. The van der Waals surface area contributed by atoms with Gasteiger partial charge in [0.2, 0.25) is 0 Å². The van der Waals surface area contributed by atoms with Gasteiger partial charge in [-0.3, -0.25) is 0 Å². The molecule has 4 nitrogen and oxygen atoms in total. The van der Waals surface area contributed by atoms with Gasteiger partial charge in [-0.2, -0.15) is 8.75 Å². The van der Waals surface area contributed by atoms with Crippen LogP contribution in [0.1, 0.15) is 25.0 Å². The number of nitrogens with zero attached hydrogens (tertiary/aromatic N) is 4. The first-order valence-electron chi connectivity index (χ1n) is 5.91. The van der Waals surface area contributed by atoms with Gasteiger partial charge >= 0.3 is 0 Å². The third kappa shape index (κ3) is 2.83. The van der Waals surface area contributed by atoms with Crippen molar-refractivity contribution in [1.82, 2.24) is 8.75 Å². The topological polar surface area (TPSA) is 53.9 Å². The highest BCUT2D eigenvalue weighted by molar-refractivity contribution is 7.00. The lowest BCUT2D eigenvalue weighted by atomic mass is 10.1. The van der Waals surface area contributed by atoms with E-state index < -0.39 is 0 Å². The molecule has 0 unspecified atom stereocenters. The van der Waals surface area contributed by atoms with Crippen LogP contribution in [0.25, 0.3) is 22.0 Å². The van der Waals surface area contributed by atoms with Crippen LogP contribution < -0.4 is 0 Å². The van der Waals surface area contributed by atoms with Crippen molar-refractivity contribution in [2.24, 2.45) is 5.92 Å². The Kier molecular flexibility index (Phi) is 4.11. The van der Waals surface area contributed by atoms with Gasteiger partial charge in [0.15, 0.2) is 0 Å². The smallest absolute Gasteiger partial charge is 0.227 e. The van der Waals surface area contributed by atoms with Gasteiger partial charge in [-0.25, -0.2) is 10.1 Å². The Labute approximate surface area is 121 Å². The van der Waals surface area contributed by atoms with Crippen LogP contribution in [0.3, 0.4) is 0 Å². The van der Waals surface area contributed by atoms with Gasteiger partial charge in [0.05, 0.1) is 29.9 Å². The lowest BCUT2D eigenvalue weighted by Crippen LogP contribution is -1.85. The molecule has 0 aliphatic carbocycles. The molecule has 0 spiro atoms. The van der Waals surface area contributed by atoms with E-state index in [1.807, 2.05) is 32.0 Å². The highest BCUT2D eigenvalue weighted by Crippen LogP contribution is 2.23. The molecule has 0 N–H and O–H groups in total. The van der Waals surface area contributed by atoms with Crippen molar-refractivity contribution in [2.75, 3.05) is 0 Å². The second kappa shape index (κ2) is 5.97. The van der Waals surface area contributed by atoms with Crippen molar-refractivity contribution < 1.29 is 0 Å². The SMILES string of the molecule is [C-]#[N+]/C(C#N)=C\c1ccc(C#CC(C)C)c2nsnc12. The highest BCUT2D eigenvalue weighted by atomic mass is 32.1. The van der Waals surface area contributed by atoms with Crippen molar-refractivity contribution in [3.8, 4) is 17.9 Å². The summed E-state index contributed by atoms with van der Waals surface area (Å²) in [6, 6.07) is 5.51. The first-order valence-corrected chi connectivity index (χ1v) is 6.64.